The Bertz CT molecular complexity index is 466. The first-order valence-corrected chi connectivity index (χ1v) is 6.14. The van der Waals surface area contributed by atoms with Gasteiger partial charge in [0.05, 0.1) is 6.04 Å². The topological polar surface area (TPSA) is 98.8 Å². The minimum absolute atomic E-state index is 0.557. The Morgan fingerprint density at radius 1 is 1.20 bits per heavy atom. The molecule has 0 saturated carbocycles. The quantitative estimate of drug-likeness (QED) is 0.644. The molecule has 0 spiro atoms. The smallest absolute Gasteiger partial charge is 0.428 e. The second kappa shape index (κ2) is 6.49. The molecule has 0 bridgehead atoms. The van der Waals surface area contributed by atoms with Crippen molar-refractivity contribution in [3.63, 3.8) is 0 Å². The van der Waals surface area contributed by atoms with Crippen molar-refractivity contribution in [2.24, 2.45) is 5.73 Å². The number of nitrogens with two attached hydrogens (primary N) is 1. The zero-order chi connectivity index (χ0) is 15.3. The first-order chi connectivity index (χ1) is 9.20. The predicted molar refractivity (Wildman–Crippen MR) is 71.7 cm³/mol. The summed E-state index contributed by atoms with van der Waals surface area (Å²) >= 11 is 0. The Morgan fingerprint density at radius 3 is 2.25 bits per heavy atom. The van der Waals surface area contributed by atoms with E-state index in [1.54, 1.807) is 51.1 Å². The molecule has 0 aliphatic carbocycles. The van der Waals surface area contributed by atoms with Gasteiger partial charge in [-0.15, -0.1) is 0 Å². The molecule has 1 aromatic rings. The summed E-state index contributed by atoms with van der Waals surface area (Å²) in [5.41, 5.74) is 5.51. The molecule has 0 aliphatic rings. The largest absolute Gasteiger partial charge is 0.516 e. The number of carbonyl (C=O) groups is 2. The molecule has 0 fully saturated rings. The summed E-state index contributed by atoms with van der Waals surface area (Å²) in [6.07, 6.45) is -2.81. The molecule has 6 nitrogen and oxygen atoms in total. The summed E-state index contributed by atoms with van der Waals surface area (Å²) in [5, 5.41) is 9.78. The molecular formula is C14H19NO5. The molecule has 2 atom stereocenters. The van der Waals surface area contributed by atoms with Crippen LogP contribution in [0.25, 0.3) is 0 Å². The van der Waals surface area contributed by atoms with Crippen molar-refractivity contribution in [2.75, 3.05) is 0 Å². The fourth-order valence-electron chi connectivity index (χ4n) is 1.42. The van der Waals surface area contributed by atoms with E-state index in [4.69, 9.17) is 10.5 Å². The third-order valence-electron chi connectivity index (χ3n) is 2.34. The lowest BCUT2D eigenvalue weighted by atomic mass is 10.0. The van der Waals surface area contributed by atoms with E-state index in [9.17, 15) is 14.7 Å². The first-order valence-electron chi connectivity index (χ1n) is 6.14. The SMILES string of the molecule is CC(C)(C)OC(=O)OC(=O)[C@H](O)[C@@H](N)c1ccccc1. The fraction of sp³-hybridized carbons (Fsp3) is 0.429. The van der Waals surface area contributed by atoms with Crippen LogP contribution in [0.15, 0.2) is 30.3 Å². The van der Waals surface area contributed by atoms with Gasteiger partial charge in [-0.05, 0) is 26.3 Å². The van der Waals surface area contributed by atoms with Crippen LogP contribution in [0.5, 0.6) is 0 Å². The van der Waals surface area contributed by atoms with Gasteiger partial charge < -0.3 is 20.3 Å². The van der Waals surface area contributed by atoms with E-state index in [1.807, 2.05) is 0 Å². The minimum Gasteiger partial charge on any atom is -0.428 e. The lowest BCUT2D eigenvalue weighted by molar-refractivity contribution is -0.152. The number of rotatable bonds is 3. The number of ether oxygens (including phenoxy) is 2. The Kier molecular flexibility index (Phi) is 5.24. The lowest BCUT2D eigenvalue weighted by Gasteiger charge is -2.20. The molecular weight excluding hydrogens is 262 g/mol. The van der Waals surface area contributed by atoms with Gasteiger partial charge in [0, 0.05) is 0 Å². The third kappa shape index (κ3) is 4.99. The molecule has 0 aromatic heterocycles. The Hall–Kier alpha value is -1.92. The summed E-state index contributed by atoms with van der Waals surface area (Å²) in [7, 11) is 0. The van der Waals surface area contributed by atoms with Gasteiger partial charge in [-0.1, -0.05) is 30.3 Å². The number of aliphatic hydroxyl groups excluding tert-OH is 1. The number of hydrogen-bond acceptors (Lipinski definition) is 6. The number of carbonyl (C=O) groups excluding carboxylic acids is 2. The molecule has 0 heterocycles. The molecule has 6 heteroatoms. The molecule has 0 amide bonds. The van der Waals surface area contributed by atoms with Crippen molar-refractivity contribution in [2.45, 2.75) is 38.5 Å². The summed E-state index contributed by atoms with van der Waals surface area (Å²) in [5.74, 6) is -1.14. The van der Waals surface area contributed by atoms with Gasteiger partial charge in [0.2, 0.25) is 0 Å². The van der Waals surface area contributed by atoms with E-state index in [2.05, 4.69) is 4.74 Å². The van der Waals surface area contributed by atoms with Crippen LogP contribution in [-0.2, 0) is 14.3 Å². The van der Waals surface area contributed by atoms with Gasteiger partial charge in [-0.25, -0.2) is 9.59 Å². The molecule has 1 aromatic carbocycles. The third-order valence-corrected chi connectivity index (χ3v) is 2.34. The molecule has 110 valence electrons. The van der Waals surface area contributed by atoms with E-state index in [0.29, 0.717) is 5.56 Å². The average Bonchev–Trinajstić information content (AvgIpc) is 2.35. The number of aliphatic hydroxyl groups is 1. The van der Waals surface area contributed by atoms with Gasteiger partial charge in [0.25, 0.3) is 0 Å². The van der Waals surface area contributed by atoms with Crippen LogP contribution in [0.4, 0.5) is 4.79 Å². The summed E-state index contributed by atoms with van der Waals surface area (Å²) < 4.78 is 9.21. The van der Waals surface area contributed by atoms with Crippen molar-refractivity contribution in [1.82, 2.24) is 0 Å². The van der Waals surface area contributed by atoms with Crippen molar-refractivity contribution in [1.29, 1.82) is 0 Å². The van der Waals surface area contributed by atoms with E-state index in [-0.39, 0.29) is 0 Å². The van der Waals surface area contributed by atoms with Gasteiger partial charge in [-0.3, -0.25) is 0 Å². The van der Waals surface area contributed by atoms with Crippen molar-refractivity contribution in [3.05, 3.63) is 35.9 Å². The highest BCUT2D eigenvalue weighted by molar-refractivity contribution is 5.85. The molecule has 20 heavy (non-hydrogen) atoms. The summed E-state index contributed by atoms with van der Waals surface area (Å²) in [6.45, 7) is 4.89. The normalized spacial score (nSPS) is 14.2. The van der Waals surface area contributed by atoms with E-state index < -0.39 is 29.9 Å². The lowest BCUT2D eigenvalue weighted by Crippen LogP contribution is -2.37. The molecule has 3 N–H and O–H groups in total. The molecule has 0 aliphatic heterocycles. The predicted octanol–water partition coefficient (Wildman–Crippen LogP) is 1.53. The van der Waals surface area contributed by atoms with E-state index in [0.717, 1.165) is 0 Å². The van der Waals surface area contributed by atoms with Gasteiger partial charge in [0.15, 0.2) is 6.10 Å². The number of esters is 1. The summed E-state index contributed by atoms with van der Waals surface area (Å²) in [4.78, 5) is 22.9. The van der Waals surface area contributed by atoms with Crippen LogP contribution in [0, 0.1) is 0 Å². The second-order valence-corrected chi connectivity index (χ2v) is 5.27. The van der Waals surface area contributed by atoms with Crippen LogP contribution in [0.2, 0.25) is 0 Å². The monoisotopic (exact) mass is 281 g/mol. The fourth-order valence-corrected chi connectivity index (χ4v) is 1.42. The second-order valence-electron chi connectivity index (χ2n) is 5.27. The Labute approximate surface area is 117 Å². The van der Waals surface area contributed by atoms with Crippen LogP contribution in [-0.4, -0.2) is 28.9 Å². The van der Waals surface area contributed by atoms with E-state index >= 15 is 0 Å². The molecule has 1 rings (SSSR count). The van der Waals surface area contributed by atoms with Crippen LogP contribution >= 0.6 is 0 Å². The average molecular weight is 281 g/mol. The maximum Gasteiger partial charge on any atom is 0.516 e. The molecule has 0 radical (unpaired) electrons. The zero-order valence-corrected chi connectivity index (χ0v) is 11.7. The van der Waals surface area contributed by atoms with Crippen LogP contribution in [0.1, 0.15) is 32.4 Å². The van der Waals surface area contributed by atoms with E-state index in [1.165, 1.54) is 0 Å². The van der Waals surface area contributed by atoms with Gasteiger partial charge >= 0.3 is 12.1 Å². The number of hydrogen-bond donors (Lipinski definition) is 2. The molecule has 0 saturated heterocycles. The summed E-state index contributed by atoms with van der Waals surface area (Å²) in [6, 6.07) is 7.57. The number of benzene rings is 1. The standard InChI is InChI=1S/C14H19NO5/c1-14(2,3)20-13(18)19-12(17)11(16)10(15)9-7-5-4-6-8-9/h4-8,10-11,16H,15H2,1-3H3/t10-,11+/m0/s1. The Balaban J connectivity index is 2.61. The van der Waals surface area contributed by atoms with Gasteiger partial charge in [0.1, 0.15) is 5.60 Å². The van der Waals surface area contributed by atoms with Crippen molar-refractivity contribution in [3.8, 4) is 0 Å². The van der Waals surface area contributed by atoms with Crippen LogP contribution < -0.4 is 5.73 Å². The maximum absolute atomic E-state index is 11.6. The Morgan fingerprint density at radius 2 is 1.75 bits per heavy atom. The molecule has 0 unspecified atom stereocenters. The van der Waals surface area contributed by atoms with Crippen molar-refractivity contribution >= 4 is 12.1 Å². The highest BCUT2D eigenvalue weighted by Crippen LogP contribution is 2.15. The minimum atomic E-state index is -1.65. The highest BCUT2D eigenvalue weighted by atomic mass is 16.8. The highest BCUT2D eigenvalue weighted by Gasteiger charge is 2.29. The van der Waals surface area contributed by atoms with Crippen molar-refractivity contribution < 1.29 is 24.2 Å². The zero-order valence-electron chi connectivity index (χ0n) is 11.7. The first kappa shape index (κ1) is 16.1. The van der Waals surface area contributed by atoms with Gasteiger partial charge in [-0.2, -0.15) is 0 Å². The van der Waals surface area contributed by atoms with Crippen LogP contribution in [0.3, 0.4) is 0 Å². The maximum atomic E-state index is 11.6.